The number of amides is 2. The minimum atomic E-state index is -3.97. The number of carbonyl (C=O) groups is 3. The van der Waals surface area contributed by atoms with Gasteiger partial charge in [0.15, 0.2) is 6.61 Å². The molecule has 0 bridgehead atoms. The van der Waals surface area contributed by atoms with Crippen molar-refractivity contribution in [3.63, 3.8) is 0 Å². The predicted molar refractivity (Wildman–Crippen MR) is 94.8 cm³/mol. The minimum absolute atomic E-state index is 0.0769. The van der Waals surface area contributed by atoms with Gasteiger partial charge in [-0.05, 0) is 37.6 Å². The second-order valence-electron chi connectivity index (χ2n) is 5.51. The Kier molecular flexibility index (Phi) is 8.20. The molecule has 26 heavy (non-hydrogen) atoms. The van der Waals surface area contributed by atoms with Gasteiger partial charge in [-0.15, -0.1) is 0 Å². The van der Waals surface area contributed by atoms with Crippen molar-refractivity contribution in [3.8, 4) is 0 Å². The standard InChI is InChI=1S/C16H23N3O6S/c1-4-9-17-15(21)10-25-16(22)11(2)19-26(23,24)14-7-5-13(6-8-14)18-12(3)20/h5-8,11,19H,4,9-10H2,1-3H3,(H,17,21)(H,18,20)/t11-/m0/s1. The molecule has 0 saturated carbocycles. The number of esters is 1. The van der Waals surface area contributed by atoms with Gasteiger partial charge in [-0.3, -0.25) is 14.4 Å². The predicted octanol–water partition coefficient (Wildman–Crippen LogP) is 0.381. The largest absolute Gasteiger partial charge is 0.454 e. The Morgan fingerprint density at radius 2 is 1.77 bits per heavy atom. The molecule has 9 nitrogen and oxygen atoms in total. The van der Waals surface area contributed by atoms with Gasteiger partial charge in [-0.1, -0.05) is 6.92 Å². The zero-order chi connectivity index (χ0) is 19.7. The van der Waals surface area contributed by atoms with Gasteiger partial charge < -0.3 is 15.4 Å². The lowest BCUT2D eigenvalue weighted by molar-refractivity contribution is -0.149. The number of rotatable bonds is 9. The number of anilines is 1. The third kappa shape index (κ3) is 7.19. The quantitative estimate of drug-likeness (QED) is 0.527. The smallest absolute Gasteiger partial charge is 0.324 e. The summed E-state index contributed by atoms with van der Waals surface area (Å²) in [5.74, 6) is -1.60. The fourth-order valence-corrected chi connectivity index (χ4v) is 3.04. The second-order valence-corrected chi connectivity index (χ2v) is 7.22. The number of nitrogens with one attached hydrogen (secondary N) is 3. The lowest BCUT2D eigenvalue weighted by Crippen LogP contribution is -2.41. The highest BCUT2D eigenvalue weighted by Crippen LogP contribution is 2.14. The SMILES string of the molecule is CCCNC(=O)COC(=O)[C@H](C)NS(=O)(=O)c1ccc(NC(C)=O)cc1. The number of hydrogen-bond donors (Lipinski definition) is 3. The average Bonchev–Trinajstić information content (AvgIpc) is 2.57. The Balaban J connectivity index is 2.63. The maximum absolute atomic E-state index is 12.3. The van der Waals surface area contributed by atoms with Crippen molar-refractivity contribution in [2.75, 3.05) is 18.5 Å². The highest BCUT2D eigenvalue weighted by molar-refractivity contribution is 7.89. The molecule has 0 fully saturated rings. The molecule has 1 atom stereocenters. The summed E-state index contributed by atoms with van der Waals surface area (Å²) in [5.41, 5.74) is 0.446. The number of hydrogen-bond acceptors (Lipinski definition) is 6. The zero-order valence-corrected chi connectivity index (χ0v) is 15.7. The molecule has 1 aromatic carbocycles. The van der Waals surface area contributed by atoms with Crippen LogP contribution in [0.5, 0.6) is 0 Å². The van der Waals surface area contributed by atoms with E-state index < -0.39 is 34.5 Å². The average molecular weight is 385 g/mol. The Bertz CT molecular complexity index is 746. The monoisotopic (exact) mass is 385 g/mol. The van der Waals surface area contributed by atoms with Crippen LogP contribution in [0.1, 0.15) is 27.2 Å². The van der Waals surface area contributed by atoms with E-state index in [1.54, 1.807) is 0 Å². The number of sulfonamides is 1. The van der Waals surface area contributed by atoms with Crippen LogP contribution >= 0.6 is 0 Å². The van der Waals surface area contributed by atoms with Crippen molar-refractivity contribution in [1.29, 1.82) is 0 Å². The summed E-state index contributed by atoms with van der Waals surface area (Å²) in [7, 11) is -3.97. The van der Waals surface area contributed by atoms with E-state index in [9.17, 15) is 22.8 Å². The van der Waals surface area contributed by atoms with E-state index in [1.807, 2.05) is 6.92 Å². The highest BCUT2D eigenvalue weighted by atomic mass is 32.2. The van der Waals surface area contributed by atoms with Gasteiger partial charge in [0, 0.05) is 19.2 Å². The molecule has 10 heteroatoms. The van der Waals surface area contributed by atoms with Crippen molar-refractivity contribution in [3.05, 3.63) is 24.3 Å². The summed E-state index contributed by atoms with van der Waals surface area (Å²) < 4.78 is 31.5. The van der Waals surface area contributed by atoms with Crippen LogP contribution in [0.25, 0.3) is 0 Å². The molecule has 1 aromatic rings. The summed E-state index contributed by atoms with van der Waals surface area (Å²) in [4.78, 5) is 34.1. The normalized spacial score (nSPS) is 12.1. The first kappa shape index (κ1) is 21.6. The highest BCUT2D eigenvalue weighted by Gasteiger charge is 2.23. The number of carbonyl (C=O) groups excluding carboxylic acids is 3. The summed E-state index contributed by atoms with van der Waals surface area (Å²) in [6, 6.07) is 4.27. The molecule has 0 heterocycles. The summed E-state index contributed by atoms with van der Waals surface area (Å²) in [6.07, 6.45) is 0.747. The molecule has 2 amide bonds. The lowest BCUT2D eigenvalue weighted by Gasteiger charge is -2.14. The Labute approximate surface area is 152 Å². The van der Waals surface area contributed by atoms with Crippen LogP contribution < -0.4 is 15.4 Å². The van der Waals surface area contributed by atoms with E-state index >= 15 is 0 Å². The minimum Gasteiger partial charge on any atom is -0.454 e. The molecule has 0 radical (unpaired) electrons. The molecule has 0 aliphatic carbocycles. The molecule has 144 valence electrons. The summed E-state index contributed by atoms with van der Waals surface area (Å²) in [5, 5.41) is 5.05. The van der Waals surface area contributed by atoms with Gasteiger partial charge in [0.25, 0.3) is 5.91 Å². The van der Waals surface area contributed by atoms with E-state index in [4.69, 9.17) is 4.74 Å². The van der Waals surface area contributed by atoms with Crippen molar-refractivity contribution in [1.82, 2.24) is 10.0 Å². The molecular formula is C16H23N3O6S. The molecule has 0 aliphatic heterocycles. The Morgan fingerprint density at radius 3 is 2.31 bits per heavy atom. The first-order valence-corrected chi connectivity index (χ1v) is 9.47. The number of benzene rings is 1. The Hall–Kier alpha value is -2.46. The Morgan fingerprint density at radius 1 is 1.15 bits per heavy atom. The number of ether oxygens (including phenoxy) is 1. The maximum atomic E-state index is 12.3. The molecule has 0 aromatic heterocycles. The van der Waals surface area contributed by atoms with Crippen LogP contribution in [0, 0.1) is 0 Å². The summed E-state index contributed by atoms with van der Waals surface area (Å²) >= 11 is 0. The topological polar surface area (TPSA) is 131 Å². The van der Waals surface area contributed by atoms with Crippen molar-refractivity contribution in [2.24, 2.45) is 0 Å². The molecule has 1 rings (SSSR count). The second kappa shape index (κ2) is 9.88. The summed E-state index contributed by atoms with van der Waals surface area (Å²) in [6.45, 7) is 4.52. The van der Waals surface area contributed by atoms with Crippen molar-refractivity contribution < 1.29 is 27.5 Å². The van der Waals surface area contributed by atoms with Gasteiger partial charge >= 0.3 is 5.97 Å². The molecule has 0 saturated heterocycles. The first-order chi connectivity index (χ1) is 12.2. The van der Waals surface area contributed by atoms with Gasteiger partial charge in [-0.2, -0.15) is 4.72 Å². The van der Waals surface area contributed by atoms with Gasteiger partial charge in [0.05, 0.1) is 4.90 Å². The van der Waals surface area contributed by atoms with Crippen LogP contribution in [0.3, 0.4) is 0 Å². The zero-order valence-electron chi connectivity index (χ0n) is 14.9. The van der Waals surface area contributed by atoms with Gasteiger partial charge in [0.1, 0.15) is 6.04 Å². The van der Waals surface area contributed by atoms with Crippen molar-refractivity contribution >= 4 is 33.5 Å². The van der Waals surface area contributed by atoms with E-state index in [0.29, 0.717) is 12.2 Å². The van der Waals surface area contributed by atoms with Crippen LogP contribution in [0.4, 0.5) is 5.69 Å². The van der Waals surface area contributed by atoms with Gasteiger partial charge in [-0.25, -0.2) is 8.42 Å². The molecule has 0 aliphatic rings. The van der Waals surface area contributed by atoms with Gasteiger partial charge in [0.2, 0.25) is 15.9 Å². The van der Waals surface area contributed by atoms with Crippen LogP contribution in [-0.2, 0) is 29.1 Å². The maximum Gasteiger partial charge on any atom is 0.324 e. The third-order valence-electron chi connectivity index (χ3n) is 3.09. The molecule has 3 N–H and O–H groups in total. The molecule has 0 unspecified atom stereocenters. The van der Waals surface area contributed by atoms with Crippen LogP contribution in [0.15, 0.2) is 29.2 Å². The fourth-order valence-electron chi connectivity index (χ4n) is 1.85. The first-order valence-electron chi connectivity index (χ1n) is 7.99. The van der Waals surface area contributed by atoms with E-state index in [1.165, 1.54) is 38.1 Å². The van der Waals surface area contributed by atoms with Crippen molar-refractivity contribution in [2.45, 2.75) is 38.1 Å². The van der Waals surface area contributed by atoms with E-state index in [2.05, 4.69) is 15.4 Å². The third-order valence-corrected chi connectivity index (χ3v) is 4.64. The van der Waals surface area contributed by atoms with Crippen LogP contribution in [-0.4, -0.2) is 45.4 Å². The molecule has 0 spiro atoms. The van der Waals surface area contributed by atoms with E-state index in [0.717, 1.165) is 6.42 Å². The van der Waals surface area contributed by atoms with E-state index in [-0.39, 0.29) is 10.8 Å². The fraction of sp³-hybridized carbons (Fsp3) is 0.438. The molecular weight excluding hydrogens is 362 g/mol. The van der Waals surface area contributed by atoms with Crippen LogP contribution in [0.2, 0.25) is 0 Å². The lowest BCUT2D eigenvalue weighted by atomic mass is 10.3.